The van der Waals surface area contributed by atoms with Gasteiger partial charge in [0, 0.05) is 31.8 Å². The van der Waals surface area contributed by atoms with Crippen molar-refractivity contribution in [2.24, 2.45) is 5.92 Å². The summed E-state index contributed by atoms with van der Waals surface area (Å²) in [7, 11) is 0. The van der Waals surface area contributed by atoms with E-state index in [0.717, 1.165) is 32.7 Å². The van der Waals surface area contributed by atoms with Crippen molar-refractivity contribution in [2.45, 2.75) is 38.3 Å². The van der Waals surface area contributed by atoms with Crippen molar-refractivity contribution in [3.05, 3.63) is 0 Å². The first-order chi connectivity index (χ1) is 8.29. The average molecular weight is 242 g/mol. The van der Waals surface area contributed by atoms with E-state index in [1.165, 1.54) is 19.4 Å². The standard InChI is InChI=1S/C13H26N2O2/c1-11(8-13-10-17-7-4-14-13)15-5-2-12(9-15)3-6-16/h11-14,16H,2-10H2,1H3. The van der Waals surface area contributed by atoms with Gasteiger partial charge in [-0.2, -0.15) is 0 Å². The molecule has 4 nitrogen and oxygen atoms in total. The summed E-state index contributed by atoms with van der Waals surface area (Å²) < 4.78 is 5.49. The first kappa shape index (κ1) is 13.3. The minimum atomic E-state index is 0.338. The zero-order valence-electron chi connectivity index (χ0n) is 10.9. The second-order valence-corrected chi connectivity index (χ2v) is 5.47. The molecule has 4 heteroatoms. The number of hydrogen-bond donors (Lipinski definition) is 2. The van der Waals surface area contributed by atoms with E-state index < -0.39 is 0 Å². The third-order valence-corrected chi connectivity index (χ3v) is 4.10. The van der Waals surface area contributed by atoms with Gasteiger partial charge in [0.2, 0.25) is 0 Å². The Bertz CT molecular complexity index is 219. The molecular formula is C13H26N2O2. The first-order valence-electron chi connectivity index (χ1n) is 6.95. The Balaban J connectivity index is 1.70. The number of aliphatic hydroxyl groups is 1. The van der Waals surface area contributed by atoms with Crippen LogP contribution in [0.1, 0.15) is 26.2 Å². The van der Waals surface area contributed by atoms with Crippen LogP contribution in [-0.2, 0) is 4.74 Å². The van der Waals surface area contributed by atoms with Gasteiger partial charge < -0.3 is 20.1 Å². The van der Waals surface area contributed by atoms with Gasteiger partial charge in [0.1, 0.15) is 0 Å². The van der Waals surface area contributed by atoms with Crippen LogP contribution < -0.4 is 5.32 Å². The lowest BCUT2D eigenvalue weighted by atomic mass is 10.1. The number of ether oxygens (including phenoxy) is 1. The number of rotatable bonds is 5. The fourth-order valence-electron chi connectivity index (χ4n) is 3.01. The van der Waals surface area contributed by atoms with Crippen LogP contribution in [0.3, 0.4) is 0 Å². The summed E-state index contributed by atoms with van der Waals surface area (Å²) in [4.78, 5) is 2.57. The molecule has 3 atom stereocenters. The Morgan fingerprint density at radius 1 is 1.53 bits per heavy atom. The maximum absolute atomic E-state index is 8.97. The molecule has 0 aromatic carbocycles. The number of nitrogens with zero attached hydrogens (tertiary/aromatic N) is 1. The van der Waals surface area contributed by atoms with Crippen molar-refractivity contribution in [2.75, 3.05) is 39.5 Å². The highest BCUT2D eigenvalue weighted by atomic mass is 16.5. The van der Waals surface area contributed by atoms with Crippen LogP contribution in [0, 0.1) is 5.92 Å². The van der Waals surface area contributed by atoms with Crippen LogP contribution in [-0.4, -0.2) is 61.5 Å². The van der Waals surface area contributed by atoms with Crippen molar-refractivity contribution >= 4 is 0 Å². The van der Waals surface area contributed by atoms with E-state index in [-0.39, 0.29) is 0 Å². The second kappa shape index (κ2) is 6.69. The van der Waals surface area contributed by atoms with Gasteiger partial charge in [-0.3, -0.25) is 0 Å². The third kappa shape index (κ3) is 3.91. The molecule has 2 aliphatic rings. The monoisotopic (exact) mass is 242 g/mol. The number of aliphatic hydroxyl groups excluding tert-OH is 1. The second-order valence-electron chi connectivity index (χ2n) is 5.47. The zero-order chi connectivity index (χ0) is 12.1. The summed E-state index contributed by atoms with van der Waals surface area (Å²) in [6.45, 7) is 7.72. The Morgan fingerprint density at radius 2 is 2.41 bits per heavy atom. The minimum absolute atomic E-state index is 0.338. The molecule has 2 fully saturated rings. The zero-order valence-corrected chi connectivity index (χ0v) is 10.9. The van der Waals surface area contributed by atoms with Crippen LogP contribution in [0.15, 0.2) is 0 Å². The summed E-state index contributed by atoms with van der Waals surface area (Å²) in [6.07, 6.45) is 3.39. The fourth-order valence-corrected chi connectivity index (χ4v) is 3.01. The molecule has 17 heavy (non-hydrogen) atoms. The average Bonchev–Trinajstić information content (AvgIpc) is 2.79. The quantitative estimate of drug-likeness (QED) is 0.735. The van der Waals surface area contributed by atoms with Gasteiger partial charge in [-0.25, -0.2) is 0 Å². The number of morpholine rings is 1. The Kier molecular flexibility index (Phi) is 5.22. The predicted octanol–water partition coefficient (Wildman–Crippen LogP) is 0.458. The highest BCUT2D eigenvalue weighted by molar-refractivity contribution is 4.83. The van der Waals surface area contributed by atoms with Gasteiger partial charge in [0.15, 0.2) is 0 Å². The third-order valence-electron chi connectivity index (χ3n) is 4.10. The largest absolute Gasteiger partial charge is 0.396 e. The fraction of sp³-hybridized carbons (Fsp3) is 1.00. The molecule has 2 rings (SSSR count). The number of nitrogens with one attached hydrogen (secondary N) is 1. The molecular weight excluding hydrogens is 216 g/mol. The van der Waals surface area contributed by atoms with Gasteiger partial charge in [0.25, 0.3) is 0 Å². The topological polar surface area (TPSA) is 44.7 Å². The van der Waals surface area contributed by atoms with E-state index in [1.54, 1.807) is 0 Å². The lowest BCUT2D eigenvalue weighted by molar-refractivity contribution is 0.0638. The maximum Gasteiger partial charge on any atom is 0.0620 e. The van der Waals surface area contributed by atoms with Crippen molar-refractivity contribution in [1.29, 1.82) is 0 Å². The van der Waals surface area contributed by atoms with Gasteiger partial charge in [-0.15, -0.1) is 0 Å². The Labute approximate surface area is 104 Å². The molecule has 0 aromatic rings. The van der Waals surface area contributed by atoms with E-state index in [9.17, 15) is 0 Å². The molecule has 100 valence electrons. The molecule has 0 aromatic heterocycles. The predicted molar refractivity (Wildman–Crippen MR) is 68.1 cm³/mol. The lowest BCUT2D eigenvalue weighted by Gasteiger charge is -2.31. The molecule has 0 spiro atoms. The smallest absolute Gasteiger partial charge is 0.0620 e. The molecule has 2 saturated heterocycles. The van der Waals surface area contributed by atoms with Gasteiger partial charge in [0.05, 0.1) is 13.2 Å². The van der Waals surface area contributed by atoms with Gasteiger partial charge >= 0.3 is 0 Å². The Hall–Kier alpha value is -0.160. The Morgan fingerprint density at radius 3 is 3.12 bits per heavy atom. The van der Waals surface area contributed by atoms with Crippen molar-refractivity contribution < 1.29 is 9.84 Å². The summed E-state index contributed by atoms with van der Waals surface area (Å²) in [5.41, 5.74) is 0. The molecule has 0 aliphatic carbocycles. The van der Waals surface area contributed by atoms with Crippen LogP contribution in [0.2, 0.25) is 0 Å². The maximum atomic E-state index is 8.97. The van der Waals surface area contributed by atoms with E-state index in [4.69, 9.17) is 9.84 Å². The van der Waals surface area contributed by atoms with E-state index in [0.29, 0.717) is 24.6 Å². The summed E-state index contributed by atoms with van der Waals surface area (Å²) >= 11 is 0. The van der Waals surface area contributed by atoms with E-state index >= 15 is 0 Å². The van der Waals surface area contributed by atoms with Crippen molar-refractivity contribution in [3.8, 4) is 0 Å². The van der Waals surface area contributed by atoms with Gasteiger partial charge in [-0.1, -0.05) is 0 Å². The van der Waals surface area contributed by atoms with E-state index in [1.807, 2.05) is 0 Å². The van der Waals surface area contributed by atoms with Crippen LogP contribution in [0.4, 0.5) is 0 Å². The van der Waals surface area contributed by atoms with Crippen molar-refractivity contribution in [1.82, 2.24) is 10.2 Å². The molecule has 2 aliphatic heterocycles. The molecule has 0 saturated carbocycles. The molecule has 2 heterocycles. The van der Waals surface area contributed by atoms with Crippen LogP contribution in [0.25, 0.3) is 0 Å². The molecule has 2 N–H and O–H groups in total. The molecule has 3 unspecified atom stereocenters. The van der Waals surface area contributed by atoms with Gasteiger partial charge in [-0.05, 0) is 38.6 Å². The summed E-state index contributed by atoms with van der Waals surface area (Å²) in [6, 6.07) is 1.15. The van der Waals surface area contributed by atoms with Crippen molar-refractivity contribution in [3.63, 3.8) is 0 Å². The number of hydrogen-bond acceptors (Lipinski definition) is 4. The molecule has 0 bridgehead atoms. The molecule has 0 amide bonds. The van der Waals surface area contributed by atoms with Crippen LogP contribution in [0.5, 0.6) is 0 Å². The normalized spacial score (nSPS) is 32.8. The minimum Gasteiger partial charge on any atom is -0.396 e. The SMILES string of the molecule is CC(CC1COCCN1)N1CCC(CCO)C1. The highest BCUT2D eigenvalue weighted by Gasteiger charge is 2.27. The highest BCUT2D eigenvalue weighted by Crippen LogP contribution is 2.22. The van der Waals surface area contributed by atoms with E-state index in [2.05, 4.69) is 17.1 Å². The lowest BCUT2D eigenvalue weighted by Crippen LogP contribution is -2.45. The number of likely N-dealkylation sites (tertiary alicyclic amines) is 1. The summed E-state index contributed by atoms with van der Waals surface area (Å²) in [5, 5.41) is 12.5. The molecule has 0 radical (unpaired) electrons. The van der Waals surface area contributed by atoms with Crippen LogP contribution >= 0.6 is 0 Å². The summed E-state index contributed by atoms with van der Waals surface area (Å²) in [5.74, 6) is 0.706. The first-order valence-corrected chi connectivity index (χ1v) is 6.95.